The van der Waals surface area contributed by atoms with E-state index in [4.69, 9.17) is 16.3 Å². The van der Waals surface area contributed by atoms with Crippen molar-refractivity contribution in [3.05, 3.63) is 69.4 Å². The van der Waals surface area contributed by atoms with Crippen LogP contribution in [0.15, 0.2) is 54.6 Å². The summed E-state index contributed by atoms with van der Waals surface area (Å²) in [5, 5.41) is 4.94. The number of carbonyl (C=O) groups excluding carboxylic acids is 1. The van der Waals surface area contributed by atoms with E-state index in [1.54, 1.807) is 7.11 Å². The molecule has 0 saturated heterocycles. The highest BCUT2D eigenvalue weighted by Gasteiger charge is 2.16. The van der Waals surface area contributed by atoms with Gasteiger partial charge in [0.25, 0.3) is 5.91 Å². The number of benzene rings is 2. The van der Waals surface area contributed by atoms with Gasteiger partial charge in [0.2, 0.25) is 0 Å². The molecule has 0 bridgehead atoms. The van der Waals surface area contributed by atoms with Crippen LogP contribution in [-0.4, -0.2) is 19.6 Å². The molecule has 1 heterocycles. The molecule has 2 aromatic carbocycles. The molecule has 1 atom stereocenters. The largest absolute Gasteiger partial charge is 0.374 e. The second-order valence-electron chi connectivity index (χ2n) is 5.10. The standard InChI is InChI=1S/C18H16ClNO2S/c1-22-15(16-9-10-17(19)23-16)11-20-18(21)14-8-4-6-12-5-2-3-7-13(12)14/h2-10,15H,11H2,1H3,(H,20,21)/t15-/m1/s1. The van der Waals surface area contributed by atoms with Crippen LogP contribution in [0.3, 0.4) is 0 Å². The lowest BCUT2D eigenvalue weighted by atomic mass is 10.0. The lowest BCUT2D eigenvalue weighted by Crippen LogP contribution is -2.29. The number of ether oxygens (including phenoxy) is 1. The fraction of sp³-hybridized carbons (Fsp3) is 0.167. The van der Waals surface area contributed by atoms with E-state index in [-0.39, 0.29) is 12.0 Å². The summed E-state index contributed by atoms with van der Waals surface area (Å²) < 4.78 is 6.17. The SMILES string of the molecule is CO[C@H](CNC(=O)c1cccc2ccccc12)c1ccc(Cl)s1. The zero-order valence-corrected chi connectivity index (χ0v) is 14.2. The maximum absolute atomic E-state index is 12.5. The van der Waals surface area contributed by atoms with Gasteiger partial charge < -0.3 is 10.1 Å². The molecule has 1 N–H and O–H groups in total. The third-order valence-electron chi connectivity index (χ3n) is 3.68. The van der Waals surface area contributed by atoms with Gasteiger partial charge in [-0.1, -0.05) is 48.0 Å². The Morgan fingerprint density at radius 2 is 1.96 bits per heavy atom. The predicted molar refractivity (Wildman–Crippen MR) is 95.4 cm³/mol. The van der Waals surface area contributed by atoms with Crippen molar-refractivity contribution in [3.8, 4) is 0 Å². The molecule has 118 valence electrons. The molecule has 3 aromatic rings. The van der Waals surface area contributed by atoms with Gasteiger partial charge in [0.05, 0.1) is 4.34 Å². The highest BCUT2D eigenvalue weighted by molar-refractivity contribution is 7.16. The Morgan fingerprint density at radius 3 is 2.70 bits per heavy atom. The van der Waals surface area contributed by atoms with E-state index in [9.17, 15) is 4.79 Å². The minimum Gasteiger partial charge on any atom is -0.374 e. The molecule has 0 fully saturated rings. The summed E-state index contributed by atoms with van der Waals surface area (Å²) in [4.78, 5) is 13.5. The van der Waals surface area contributed by atoms with E-state index >= 15 is 0 Å². The van der Waals surface area contributed by atoms with Gasteiger partial charge in [-0.2, -0.15) is 0 Å². The van der Waals surface area contributed by atoms with Gasteiger partial charge >= 0.3 is 0 Å². The number of carbonyl (C=O) groups is 1. The number of methoxy groups -OCH3 is 1. The number of fused-ring (bicyclic) bond motifs is 1. The minimum atomic E-state index is -0.202. The highest BCUT2D eigenvalue weighted by Crippen LogP contribution is 2.28. The average molecular weight is 346 g/mol. The molecule has 0 radical (unpaired) electrons. The molecular weight excluding hydrogens is 330 g/mol. The molecule has 0 saturated carbocycles. The van der Waals surface area contributed by atoms with E-state index in [0.29, 0.717) is 16.4 Å². The van der Waals surface area contributed by atoms with Gasteiger partial charge in [-0.05, 0) is 29.0 Å². The molecule has 0 aliphatic heterocycles. The monoisotopic (exact) mass is 345 g/mol. The Morgan fingerprint density at radius 1 is 1.17 bits per heavy atom. The zero-order valence-electron chi connectivity index (χ0n) is 12.6. The first-order valence-electron chi connectivity index (χ1n) is 7.23. The Hall–Kier alpha value is -1.88. The summed E-state index contributed by atoms with van der Waals surface area (Å²) in [6.45, 7) is 0.398. The van der Waals surface area contributed by atoms with Gasteiger partial charge in [0.15, 0.2) is 0 Å². The lowest BCUT2D eigenvalue weighted by molar-refractivity contribution is 0.0839. The number of hydrogen-bond acceptors (Lipinski definition) is 3. The lowest BCUT2D eigenvalue weighted by Gasteiger charge is -2.15. The summed E-state index contributed by atoms with van der Waals surface area (Å²) in [6.07, 6.45) is -0.202. The fourth-order valence-electron chi connectivity index (χ4n) is 2.51. The average Bonchev–Trinajstić information content (AvgIpc) is 3.01. The van der Waals surface area contributed by atoms with Crippen molar-refractivity contribution in [3.63, 3.8) is 0 Å². The first-order valence-corrected chi connectivity index (χ1v) is 8.42. The summed E-state index contributed by atoms with van der Waals surface area (Å²) in [5.74, 6) is -0.105. The molecule has 3 nitrogen and oxygen atoms in total. The van der Waals surface area contributed by atoms with Gasteiger partial charge in [-0.3, -0.25) is 4.79 Å². The molecule has 1 amide bonds. The number of thiophene rings is 1. The molecule has 3 rings (SSSR count). The van der Waals surface area contributed by atoms with Crippen molar-refractivity contribution < 1.29 is 9.53 Å². The van der Waals surface area contributed by atoms with Crippen LogP contribution in [0.25, 0.3) is 10.8 Å². The van der Waals surface area contributed by atoms with Crippen LogP contribution in [-0.2, 0) is 4.74 Å². The molecule has 0 unspecified atom stereocenters. The van der Waals surface area contributed by atoms with Crippen LogP contribution in [0.4, 0.5) is 0 Å². The maximum atomic E-state index is 12.5. The van der Waals surface area contributed by atoms with Gasteiger partial charge in [-0.25, -0.2) is 0 Å². The van der Waals surface area contributed by atoms with E-state index in [1.165, 1.54) is 11.3 Å². The van der Waals surface area contributed by atoms with Crippen molar-refractivity contribution in [1.29, 1.82) is 0 Å². The molecule has 5 heteroatoms. The van der Waals surface area contributed by atoms with Crippen LogP contribution < -0.4 is 5.32 Å². The molecular formula is C18H16ClNO2S. The highest BCUT2D eigenvalue weighted by atomic mass is 35.5. The molecule has 1 aromatic heterocycles. The van der Waals surface area contributed by atoms with Crippen molar-refractivity contribution in [2.75, 3.05) is 13.7 Å². The second kappa shape index (κ2) is 7.13. The van der Waals surface area contributed by atoms with Crippen molar-refractivity contribution in [1.82, 2.24) is 5.32 Å². The van der Waals surface area contributed by atoms with E-state index in [1.807, 2.05) is 54.6 Å². The van der Waals surface area contributed by atoms with Crippen LogP contribution in [0.5, 0.6) is 0 Å². The Balaban J connectivity index is 1.75. The third-order valence-corrected chi connectivity index (χ3v) is 5.00. The smallest absolute Gasteiger partial charge is 0.252 e. The molecule has 0 spiro atoms. The number of nitrogens with one attached hydrogen (secondary N) is 1. The number of halogens is 1. The van der Waals surface area contributed by atoms with Crippen molar-refractivity contribution >= 4 is 39.6 Å². The summed E-state index contributed by atoms with van der Waals surface area (Å²) in [7, 11) is 1.63. The zero-order chi connectivity index (χ0) is 16.2. The van der Waals surface area contributed by atoms with Gasteiger partial charge in [0, 0.05) is 24.1 Å². The van der Waals surface area contributed by atoms with Crippen LogP contribution >= 0.6 is 22.9 Å². The summed E-state index contributed by atoms with van der Waals surface area (Å²) >= 11 is 7.42. The number of amides is 1. The van der Waals surface area contributed by atoms with Crippen LogP contribution in [0.2, 0.25) is 4.34 Å². The predicted octanol–water partition coefficient (Wildman–Crippen LogP) is 4.67. The number of hydrogen-bond donors (Lipinski definition) is 1. The molecule has 0 aliphatic rings. The third kappa shape index (κ3) is 3.55. The fourth-order valence-corrected chi connectivity index (χ4v) is 3.64. The minimum absolute atomic E-state index is 0.105. The Kier molecular flexibility index (Phi) is 4.96. The molecule has 23 heavy (non-hydrogen) atoms. The van der Waals surface area contributed by atoms with Gasteiger partial charge in [-0.15, -0.1) is 11.3 Å². The molecule has 0 aliphatic carbocycles. The van der Waals surface area contributed by atoms with E-state index < -0.39 is 0 Å². The normalized spacial score (nSPS) is 12.3. The summed E-state index contributed by atoms with van der Waals surface area (Å²) in [6, 6.07) is 17.3. The quantitative estimate of drug-likeness (QED) is 0.729. The van der Waals surface area contributed by atoms with Crippen LogP contribution in [0, 0.1) is 0 Å². The van der Waals surface area contributed by atoms with Crippen LogP contribution in [0.1, 0.15) is 21.3 Å². The van der Waals surface area contributed by atoms with E-state index in [0.717, 1.165) is 15.6 Å². The van der Waals surface area contributed by atoms with Crippen molar-refractivity contribution in [2.24, 2.45) is 0 Å². The van der Waals surface area contributed by atoms with Crippen molar-refractivity contribution in [2.45, 2.75) is 6.10 Å². The second-order valence-corrected chi connectivity index (χ2v) is 6.85. The topological polar surface area (TPSA) is 38.3 Å². The van der Waals surface area contributed by atoms with Gasteiger partial charge in [0.1, 0.15) is 6.10 Å². The number of rotatable bonds is 5. The Bertz CT molecular complexity index is 825. The first-order chi connectivity index (χ1) is 11.2. The van der Waals surface area contributed by atoms with E-state index in [2.05, 4.69) is 5.32 Å². The Labute approximate surface area is 143 Å². The maximum Gasteiger partial charge on any atom is 0.252 e. The first kappa shape index (κ1) is 16.0. The summed E-state index contributed by atoms with van der Waals surface area (Å²) in [5.41, 5.74) is 0.669.